The number of hydrogen-bond donors (Lipinski definition) is 0. The molecule has 0 aromatic rings. The van der Waals surface area contributed by atoms with Crippen LogP contribution in [0, 0.1) is 17.8 Å². The van der Waals surface area contributed by atoms with E-state index in [1.54, 1.807) is 0 Å². The molecule has 0 N–H and O–H groups in total. The van der Waals surface area contributed by atoms with Gasteiger partial charge < -0.3 is 0 Å². The van der Waals surface area contributed by atoms with Crippen LogP contribution >= 0.6 is 0 Å². The van der Waals surface area contributed by atoms with Crippen LogP contribution in [0.1, 0.15) is 65.2 Å². The molecule has 2 aliphatic carbocycles. The lowest BCUT2D eigenvalue weighted by atomic mass is 9.76. The Morgan fingerprint density at radius 3 is 2.12 bits per heavy atom. The highest BCUT2D eigenvalue weighted by atomic mass is 28.1. The van der Waals surface area contributed by atoms with Crippen LogP contribution in [0.2, 0.25) is 5.04 Å². The van der Waals surface area contributed by atoms with Gasteiger partial charge in [0.05, 0.1) is 0 Å². The summed E-state index contributed by atoms with van der Waals surface area (Å²) in [6.45, 7) is 4.70. The minimum absolute atomic E-state index is 0.774. The maximum absolute atomic E-state index is 2.56. The van der Waals surface area contributed by atoms with E-state index in [1.165, 1.54) is 61.6 Å². The normalized spacial score (nSPS) is 31.5. The smallest absolute Gasteiger partial charge is 0.0110 e. The molecule has 2 aliphatic rings. The van der Waals surface area contributed by atoms with Crippen molar-refractivity contribution in [2.24, 2.45) is 17.8 Å². The molecule has 98 valence electrons. The molecule has 0 amide bonds. The van der Waals surface area contributed by atoms with Gasteiger partial charge in [0.15, 0.2) is 0 Å². The molecule has 0 aromatic heterocycles. The molecule has 0 aromatic carbocycles. The minimum atomic E-state index is 0.774. The number of allylic oxidation sites excluding steroid dienone is 2. The first-order valence-electron chi connectivity index (χ1n) is 7.88. The van der Waals surface area contributed by atoms with Gasteiger partial charge in [0.1, 0.15) is 0 Å². The van der Waals surface area contributed by atoms with Crippen molar-refractivity contribution in [3.8, 4) is 0 Å². The summed E-state index contributed by atoms with van der Waals surface area (Å²) in [5, 5.41) is 0.774. The van der Waals surface area contributed by atoms with Crippen molar-refractivity contribution in [3.63, 3.8) is 0 Å². The van der Waals surface area contributed by atoms with Gasteiger partial charge in [-0.25, -0.2) is 0 Å². The van der Waals surface area contributed by atoms with Crippen molar-refractivity contribution in [1.82, 2.24) is 0 Å². The first-order valence-corrected chi connectivity index (χ1v) is 8.88. The Labute approximate surface area is 111 Å². The highest BCUT2D eigenvalue weighted by molar-refractivity contribution is 6.15. The van der Waals surface area contributed by atoms with Gasteiger partial charge in [-0.1, -0.05) is 64.5 Å². The largest absolute Gasteiger partial charge is 0.0851 e. The van der Waals surface area contributed by atoms with Crippen molar-refractivity contribution < 1.29 is 0 Å². The van der Waals surface area contributed by atoms with E-state index in [0.29, 0.717) is 0 Å². The van der Waals surface area contributed by atoms with Gasteiger partial charge in [-0.15, -0.1) is 0 Å². The zero-order valence-electron chi connectivity index (χ0n) is 12.0. The van der Waals surface area contributed by atoms with Crippen LogP contribution in [0.25, 0.3) is 0 Å². The van der Waals surface area contributed by atoms with Crippen LogP contribution < -0.4 is 0 Å². The second-order valence-corrected chi connectivity index (χ2v) is 8.74. The lowest BCUT2D eigenvalue weighted by Crippen LogP contribution is -2.27. The Hall–Kier alpha value is -0.0431. The van der Waals surface area contributed by atoms with E-state index in [2.05, 4.69) is 26.0 Å². The summed E-state index contributed by atoms with van der Waals surface area (Å²) in [6, 6.07) is 0. The molecule has 0 aliphatic heterocycles. The summed E-state index contributed by atoms with van der Waals surface area (Å²) in [7, 11) is 1.42. The van der Waals surface area contributed by atoms with Gasteiger partial charge in [-0.2, -0.15) is 0 Å². The third kappa shape index (κ3) is 2.86. The van der Waals surface area contributed by atoms with E-state index in [9.17, 15) is 0 Å². The van der Waals surface area contributed by atoms with E-state index in [0.717, 1.165) is 22.8 Å². The second kappa shape index (κ2) is 5.73. The second-order valence-electron chi connectivity index (χ2n) is 6.75. The molecule has 0 spiro atoms. The molecule has 0 nitrogen and oxygen atoms in total. The van der Waals surface area contributed by atoms with Crippen molar-refractivity contribution in [3.05, 3.63) is 12.2 Å². The predicted molar refractivity (Wildman–Crippen MR) is 80.5 cm³/mol. The lowest BCUT2D eigenvalue weighted by molar-refractivity contribution is 0.265. The summed E-state index contributed by atoms with van der Waals surface area (Å²) in [5.41, 5.74) is 0. The number of unbranched alkanes of at least 4 members (excludes halogenated alkanes) is 2. The van der Waals surface area contributed by atoms with Crippen molar-refractivity contribution in [1.29, 1.82) is 0 Å². The van der Waals surface area contributed by atoms with E-state index in [-0.39, 0.29) is 0 Å². The van der Waals surface area contributed by atoms with Gasteiger partial charge in [0, 0.05) is 10.2 Å². The van der Waals surface area contributed by atoms with Gasteiger partial charge in [-0.05, 0) is 35.6 Å². The summed E-state index contributed by atoms with van der Waals surface area (Å²) in [5.74, 6) is 2.98. The topological polar surface area (TPSA) is 0 Å². The van der Waals surface area contributed by atoms with Crippen molar-refractivity contribution >= 4 is 10.2 Å². The van der Waals surface area contributed by atoms with Crippen LogP contribution in [-0.4, -0.2) is 10.2 Å². The molecule has 3 atom stereocenters. The fraction of sp³-hybridized carbons (Fsp3) is 0.875. The Bertz CT molecular complexity index is 261. The first kappa shape index (κ1) is 13.4. The monoisotopic (exact) mass is 250 g/mol. The Kier molecular flexibility index (Phi) is 4.51. The third-order valence-electron chi connectivity index (χ3n) is 5.38. The molecule has 1 fully saturated rings. The zero-order chi connectivity index (χ0) is 12.3. The average molecular weight is 251 g/mol. The molecule has 2 rings (SSSR count). The third-order valence-corrected chi connectivity index (χ3v) is 7.12. The van der Waals surface area contributed by atoms with Gasteiger partial charge in [0.25, 0.3) is 0 Å². The summed E-state index contributed by atoms with van der Waals surface area (Å²) >= 11 is 0. The molecule has 0 radical (unpaired) electrons. The minimum Gasteiger partial charge on any atom is -0.0851 e. The van der Waals surface area contributed by atoms with Crippen LogP contribution in [-0.2, 0) is 0 Å². The number of rotatable bonds is 7. The fourth-order valence-electron chi connectivity index (χ4n) is 4.24. The van der Waals surface area contributed by atoms with Crippen LogP contribution in [0.15, 0.2) is 12.2 Å². The molecule has 0 saturated heterocycles. The molecule has 2 bridgehead atoms. The summed E-state index contributed by atoms with van der Waals surface area (Å²) in [6.07, 6.45) is 16.8. The van der Waals surface area contributed by atoms with Gasteiger partial charge in [-0.3, -0.25) is 0 Å². The van der Waals surface area contributed by atoms with Crippen LogP contribution in [0.5, 0.6) is 0 Å². The quantitative estimate of drug-likeness (QED) is 0.471. The van der Waals surface area contributed by atoms with Crippen LogP contribution in [0.4, 0.5) is 0 Å². The summed E-state index contributed by atoms with van der Waals surface area (Å²) in [4.78, 5) is 0. The molecular formula is C16H30Si. The fourth-order valence-corrected chi connectivity index (χ4v) is 5.61. The highest BCUT2D eigenvalue weighted by Gasteiger charge is 2.44. The molecule has 1 saturated carbocycles. The van der Waals surface area contributed by atoms with Gasteiger partial charge in [0.2, 0.25) is 0 Å². The highest BCUT2D eigenvalue weighted by Crippen LogP contribution is 2.57. The first-order chi connectivity index (χ1) is 8.19. The van der Waals surface area contributed by atoms with E-state index in [4.69, 9.17) is 0 Å². The van der Waals surface area contributed by atoms with Gasteiger partial charge >= 0.3 is 0 Å². The Morgan fingerprint density at radius 1 is 1.06 bits per heavy atom. The zero-order valence-corrected chi connectivity index (χ0v) is 14.0. The standard InChI is InChI=1S/C16H30Si/c1-3-5-9-16(17,10-6-4-2)15-12-13-7-8-14(15)11-13/h7-8,13-15H,3-6,9-12H2,1-2,17H3. The van der Waals surface area contributed by atoms with Crippen molar-refractivity contribution in [2.45, 2.75) is 70.3 Å². The Balaban J connectivity index is 2.01. The van der Waals surface area contributed by atoms with E-state index >= 15 is 0 Å². The molecule has 17 heavy (non-hydrogen) atoms. The Morgan fingerprint density at radius 2 is 1.71 bits per heavy atom. The molecule has 1 heteroatoms. The van der Waals surface area contributed by atoms with E-state index < -0.39 is 0 Å². The average Bonchev–Trinajstić information content (AvgIpc) is 2.96. The predicted octanol–water partition coefficient (Wildman–Crippen LogP) is 4.10. The summed E-state index contributed by atoms with van der Waals surface area (Å²) < 4.78 is 0. The number of fused-ring (bicyclic) bond motifs is 2. The maximum atomic E-state index is 2.56. The molecular weight excluding hydrogens is 220 g/mol. The SMILES string of the molecule is CCCCC([SiH3])(CCCC)C1CC2C=CC1C2. The molecule has 0 heterocycles. The maximum Gasteiger partial charge on any atom is 0.0110 e. The number of hydrogen-bond acceptors (Lipinski definition) is 0. The van der Waals surface area contributed by atoms with Crippen LogP contribution in [0.3, 0.4) is 0 Å². The van der Waals surface area contributed by atoms with Crippen molar-refractivity contribution in [2.75, 3.05) is 0 Å². The lowest BCUT2D eigenvalue weighted by Gasteiger charge is -2.40. The molecule has 3 unspecified atom stereocenters. The van der Waals surface area contributed by atoms with E-state index in [1.807, 2.05) is 0 Å².